The van der Waals surface area contributed by atoms with E-state index >= 15 is 0 Å². The summed E-state index contributed by atoms with van der Waals surface area (Å²) < 4.78 is 5.41. The maximum absolute atomic E-state index is 12.7. The zero-order valence-electron chi connectivity index (χ0n) is 13.0. The van der Waals surface area contributed by atoms with Crippen LogP contribution in [0.25, 0.3) is 0 Å². The number of carbonyl (C=O) groups excluding carboxylic acids is 1. The first-order valence-corrected chi connectivity index (χ1v) is 8.04. The van der Waals surface area contributed by atoms with Gasteiger partial charge in [-0.05, 0) is 12.8 Å². The molecule has 3 heterocycles. The number of carbonyl (C=O) groups is 1. The Balaban J connectivity index is 1.73. The van der Waals surface area contributed by atoms with Crippen molar-refractivity contribution in [1.82, 2.24) is 19.8 Å². The predicted octanol–water partition coefficient (Wildman–Crippen LogP) is 1.23. The van der Waals surface area contributed by atoms with Crippen molar-refractivity contribution in [2.24, 2.45) is 5.92 Å². The van der Waals surface area contributed by atoms with Crippen LogP contribution in [0.15, 0.2) is 6.20 Å². The minimum Gasteiger partial charge on any atom is -0.379 e. The highest BCUT2D eigenvalue weighted by molar-refractivity contribution is 6.33. The maximum Gasteiger partial charge on any atom is 0.274 e. The van der Waals surface area contributed by atoms with Gasteiger partial charge in [0, 0.05) is 32.2 Å². The Morgan fingerprint density at radius 2 is 2.09 bits per heavy atom. The second-order valence-electron chi connectivity index (χ2n) is 6.02. The van der Waals surface area contributed by atoms with E-state index in [0.717, 1.165) is 39.4 Å². The topological polar surface area (TPSA) is 58.6 Å². The molecule has 1 aromatic rings. The van der Waals surface area contributed by atoms with Crippen molar-refractivity contribution in [2.45, 2.75) is 19.9 Å². The van der Waals surface area contributed by atoms with Gasteiger partial charge < -0.3 is 9.64 Å². The molecule has 0 unspecified atom stereocenters. The molecule has 1 amide bonds. The lowest BCUT2D eigenvalue weighted by Gasteiger charge is -2.33. The zero-order chi connectivity index (χ0) is 15.7. The molecule has 2 aliphatic heterocycles. The molecule has 2 saturated heterocycles. The fraction of sp³-hybridized carbons (Fsp3) is 0.667. The van der Waals surface area contributed by atoms with Crippen molar-refractivity contribution < 1.29 is 9.53 Å². The summed E-state index contributed by atoms with van der Waals surface area (Å²) >= 11 is 6.09. The third-order valence-electron chi connectivity index (χ3n) is 4.44. The highest BCUT2D eigenvalue weighted by Crippen LogP contribution is 2.25. The molecule has 0 radical (unpaired) electrons. The first kappa shape index (κ1) is 15.6. The first-order valence-electron chi connectivity index (χ1n) is 7.66. The summed E-state index contributed by atoms with van der Waals surface area (Å²) in [6.45, 7) is 8.83. The van der Waals surface area contributed by atoms with Crippen LogP contribution in [0.1, 0.15) is 23.2 Å². The van der Waals surface area contributed by atoms with Gasteiger partial charge in [0.1, 0.15) is 5.82 Å². The minimum absolute atomic E-state index is 0.0990. The number of aromatic nitrogens is 2. The highest BCUT2D eigenvalue weighted by Gasteiger charge is 2.37. The van der Waals surface area contributed by atoms with Gasteiger partial charge >= 0.3 is 0 Å². The standard InChI is InChI=1S/C15H21ClN4O2/c1-10-8-20(9-13(10)19-3-5-22-6-4-19)15(21)14-12(16)7-17-11(2)18-14/h7,10,13H,3-6,8-9H2,1-2H3/t10-,13-/m1/s1. The average Bonchev–Trinajstić information content (AvgIpc) is 2.92. The molecular weight excluding hydrogens is 304 g/mol. The van der Waals surface area contributed by atoms with E-state index in [-0.39, 0.29) is 5.91 Å². The number of ether oxygens (including phenoxy) is 1. The first-order chi connectivity index (χ1) is 10.6. The Hall–Kier alpha value is -1.24. The average molecular weight is 325 g/mol. The molecule has 2 fully saturated rings. The van der Waals surface area contributed by atoms with Crippen LogP contribution < -0.4 is 0 Å². The van der Waals surface area contributed by atoms with E-state index in [1.165, 1.54) is 6.20 Å². The molecule has 0 aromatic carbocycles. The van der Waals surface area contributed by atoms with E-state index in [4.69, 9.17) is 16.3 Å². The van der Waals surface area contributed by atoms with Crippen LogP contribution in [0.3, 0.4) is 0 Å². The number of likely N-dealkylation sites (tertiary alicyclic amines) is 1. The molecule has 2 aliphatic rings. The molecule has 6 nitrogen and oxygen atoms in total. The lowest BCUT2D eigenvalue weighted by Crippen LogP contribution is -2.47. The molecule has 7 heteroatoms. The summed E-state index contributed by atoms with van der Waals surface area (Å²) in [5, 5.41) is 0.318. The van der Waals surface area contributed by atoms with Gasteiger partial charge in [-0.2, -0.15) is 0 Å². The molecule has 0 spiro atoms. The van der Waals surface area contributed by atoms with E-state index in [1.54, 1.807) is 6.92 Å². The van der Waals surface area contributed by atoms with E-state index in [9.17, 15) is 4.79 Å². The Bertz CT molecular complexity index is 562. The second-order valence-corrected chi connectivity index (χ2v) is 6.42. The van der Waals surface area contributed by atoms with Crippen LogP contribution in [-0.2, 0) is 4.74 Å². The Morgan fingerprint density at radius 3 is 2.82 bits per heavy atom. The maximum atomic E-state index is 12.7. The SMILES string of the molecule is Cc1ncc(Cl)c(C(=O)N2C[C@@H](C)[C@H](N3CCOCC3)C2)n1. The molecule has 22 heavy (non-hydrogen) atoms. The van der Waals surface area contributed by atoms with Gasteiger partial charge in [-0.1, -0.05) is 18.5 Å². The van der Waals surface area contributed by atoms with E-state index in [0.29, 0.717) is 28.5 Å². The quantitative estimate of drug-likeness (QED) is 0.819. The number of nitrogens with zero attached hydrogens (tertiary/aromatic N) is 4. The van der Waals surface area contributed by atoms with Gasteiger partial charge in [-0.15, -0.1) is 0 Å². The molecular formula is C15H21ClN4O2. The van der Waals surface area contributed by atoms with Gasteiger partial charge in [0.25, 0.3) is 5.91 Å². The lowest BCUT2D eigenvalue weighted by molar-refractivity contribution is 0.0119. The zero-order valence-corrected chi connectivity index (χ0v) is 13.7. The molecule has 3 rings (SSSR count). The van der Waals surface area contributed by atoms with Crippen molar-refractivity contribution in [1.29, 1.82) is 0 Å². The third-order valence-corrected chi connectivity index (χ3v) is 4.72. The van der Waals surface area contributed by atoms with Gasteiger partial charge in [0.15, 0.2) is 5.69 Å². The van der Waals surface area contributed by atoms with Gasteiger partial charge in [-0.3, -0.25) is 9.69 Å². The number of hydrogen-bond acceptors (Lipinski definition) is 5. The van der Waals surface area contributed by atoms with E-state index in [2.05, 4.69) is 21.8 Å². The molecule has 120 valence electrons. The second kappa shape index (κ2) is 6.48. The van der Waals surface area contributed by atoms with Crippen LogP contribution in [0.5, 0.6) is 0 Å². The van der Waals surface area contributed by atoms with Crippen LogP contribution in [0, 0.1) is 12.8 Å². The molecule has 0 bridgehead atoms. The highest BCUT2D eigenvalue weighted by atomic mass is 35.5. The largest absolute Gasteiger partial charge is 0.379 e. The number of aryl methyl sites for hydroxylation is 1. The Labute approximate surface area is 135 Å². The summed E-state index contributed by atoms with van der Waals surface area (Å²) in [4.78, 5) is 25.2. The Kier molecular flexibility index (Phi) is 4.61. The van der Waals surface area contributed by atoms with E-state index in [1.807, 2.05) is 4.90 Å². The minimum atomic E-state index is -0.0990. The van der Waals surface area contributed by atoms with Crippen molar-refractivity contribution in [3.05, 3.63) is 22.7 Å². The number of morpholine rings is 1. The lowest BCUT2D eigenvalue weighted by atomic mass is 10.0. The van der Waals surface area contributed by atoms with Gasteiger partial charge in [0.05, 0.1) is 24.4 Å². The summed E-state index contributed by atoms with van der Waals surface area (Å²) in [7, 11) is 0. The van der Waals surface area contributed by atoms with Gasteiger partial charge in [0.2, 0.25) is 0 Å². The number of hydrogen-bond donors (Lipinski definition) is 0. The van der Waals surface area contributed by atoms with Crippen LogP contribution in [-0.4, -0.2) is 71.1 Å². The summed E-state index contributed by atoms with van der Waals surface area (Å²) in [6.07, 6.45) is 1.50. The van der Waals surface area contributed by atoms with Crippen molar-refractivity contribution in [3.8, 4) is 0 Å². The molecule has 2 atom stereocenters. The Morgan fingerprint density at radius 1 is 1.36 bits per heavy atom. The van der Waals surface area contributed by atoms with Crippen molar-refractivity contribution >= 4 is 17.5 Å². The van der Waals surface area contributed by atoms with Crippen molar-refractivity contribution in [2.75, 3.05) is 39.4 Å². The number of rotatable bonds is 2. The van der Waals surface area contributed by atoms with Crippen LogP contribution in [0.2, 0.25) is 5.02 Å². The monoisotopic (exact) mass is 324 g/mol. The molecule has 1 aromatic heterocycles. The normalized spacial score (nSPS) is 26.4. The van der Waals surface area contributed by atoms with E-state index < -0.39 is 0 Å². The number of amides is 1. The summed E-state index contributed by atoms with van der Waals surface area (Å²) in [6, 6.07) is 0.384. The summed E-state index contributed by atoms with van der Waals surface area (Å²) in [5.41, 5.74) is 0.309. The molecule has 0 saturated carbocycles. The van der Waals surface area contributed by atoms with Crippen molar-refractivity contribution in [3.63, 3.8) is 0 Å². The third kappa shape index (κ3) is 3.09. The molecule has 0 aliphatic carbocycles. The number of halogens is 1. The summed E-state index contributed by atoms with van der Waals surface area (Å²) in [5.74, 6) is 0.895. The molecule has 0 N–H and O–H groups in total. The predicted molar refractivity (Wildman–Crippen MR) is 83.0 cm³/mol. The van der Waals surface area contributed by atoms with Gasteiger partial charge in [-0.25, -0.2) is 9.97 Å². The van der Waals surface area contributed by atoms with Crippen LogP contribution in [0.4, 0.5) is 0 Å². The fourth-order valence-electron chi connectivity index (χ4n) is 3.25. The fourth-order valence-corrected chi connectivity index (χ4v) is 3.43. The van der Waals surface area contributed by atoms with Crippen LogP contribution >= 0.6 is 11.6 Å². The smallest absolute Gasteiger partial charge is 0.274 e.